The highest BCUT2D eigenvalue weighted by molar-refractivity contribution is 8.18. The van der Waals surface area contributed by atoms with E-state index in [1.54, 1.807) is 0 Å². The molecule has 0 radical (unpaired) electrons. The van der Waals surface area contributed by atoms with Crippen LogP contribution in [-0.2, 0) is 0 Å². The summed E-state index contributed by atoms with van der Waals surface area (Å²) in [6.45, 7) is 2.95. The summed E-state index contributed by atoms with van der Waals surface area (Å²) in [4.78, 5) is 0. The lowest BCUT2D eigenvalue weighted by Gasteiger charge is -2.22. The predicted molar refractivity (Wildman–Crippen MR) is 98.2 cm³/mol. The van der Waals surface area contributed by atoms with Gasteiger partial charge in [0.15, 0.2) is 0 Å². The van der Waals surface area contributed by atoms with Crippen LogP contribution in [0, 0.1) is 0 Å². The molecule has 0 aromatic heterocycles. The van der Waals surface area contributed by atoms with Crippen LogP contribution in [0.4, 0.5) is 0 Å². The first-order valence-electron chi connectivity index (χ1n) is 6.55. The Morgan fingerprint density at radius 2 is 0.789 bits per heavy atom. The molecule has 0 heterocycles. The molecule has 0 saturated carbocycles. The van der Waals surface area contributed by atoms with Gasteiger partial charge in [-0.1, -0.05) is 0 Å². The molecule has 0 spiro atoms. The summed E-state index contributed by atoms with van der Waals surface area (Å²) in [5.41, 5.74) is 22.4. The van der Waals surface area contributed by atoms with E-state index in [9.17, 15) is 0 Å². The maximum Gasteiger partial charge on any atom is 0.0522 e. The van der Waals surface area contributed by atoms with Crippen molar-refractivity contribution in [3.05, 3.63) is 0 Å². The summed E-state index contributed by atoms with van der Waals surface area (Å²) in [6.07, 6.45) is 1.16. The minimum absolute atomic E-state index is 0.577. The first-order valence-corrected chi connectivity index (χ1v) is 10.7. The van der Waals surface area contributed by atoms with Gasteiger partial charge in [0.25, 0.3) is 0 Å². The lowest BCUT2D eigenvalue weighted by molar-refractivity contribution is 1.01. The van der Waals surface area contributed by atoms with Crippen LogP contribution in [0.3, 0.4) is 0 Å². The van der Waals surface area contributed by atoms with Gasteiger partial charge in [-0.25, -0.2) is 0 Å². The maximum absolute atomic E-state index is 5.60. The molecule has 0 amide bonds. The minimum Gasteiger partial charge on any atom is -0.330 e. The smallest absolute Gasteiger partial charge is 0.0522 e. The van der Waals surface area contributed by atoms with Gasteiger partial charge >= 0.3 is 0 Å². The molecule has 116 valence electrons. The lowest BCUT2D eigenvalue weighted by Crippen LogP contribution is -2.16. The molecule has 0 aliphatic heterocycles. The maximum atomic E-state index is 5.60. The van der Waals surface area contributed by atoms with E-state index in [2.05, 4.69) is 0 Å². The highest BCUT2D eigenvalue weighted by Gasteiger charge is 2.17. The van der Waals surface area contributed by atoms with Crippen LogP contribution < -0.4 is 22.9 Å². The van der Waals surface area contributed by atoms with Gasteiger partial charge < -0.3 is 22.9 Å². The zero-order chi connectivity index (χ0) is 14.3. The molecule has 8 N–H and O–H groups in total. The van der Waals surface area contributed by atoms with Gasteiger partial charge in [0.2, 0.25) is 0 Å². The molecule has 0 unspecified atom stereocenters. The van der Waals surface area contributed by atoms with Gasteiger partial charge in [0.1, 0.15) is 0 Å². The van der Waals surface area contributed by atoms with Crippen molar-refractivity contribution in [1.29, 1.82) is 0 Å². The minimum atomic E-state index is 0.577. The largest absolute Gasteiger partial charge is 0.330 e. The monoisotopic (exact) mass is 344 g/mol. The van der Waals surface area contributed by atoms with Crippen LogP contribution in [0.15, 0.2) is 0 Å². The summed E-state index contributed by atoms with van der Waals surface area (Å²) < 4.78 is 1.15. The van der Waals surface area contributed by atoms with E-state index in [0.717, 1.165) is 55.6 Å². The molecule has 4 nitrogen and oxygen atoms in total. The van der Waals surface area contributed by atoms with Gasteiger partial charge in [-0.05, 0) is 6.42 Å². The van der Waals surface area contributed by atoms with Gasteiger partial charge in [-0.15, -0.1) is 47.0 Å². The van der Waals surface area contributed by atoms with E-state index in [4.69, 9.17) is 22.9 Å². The fraction of sp³-hybridized carbons (Fsp3) is 1.00. The third kappa shape index (κ3) is 12.7. The van der Waals surface area contributed by atoms with Crippen LogP contribution in [0.2, 0.25) is 0 Å². The van der Waals surface area contributed by atoms with Crippen LogP contribution in [0.1, 0.15) is 6.42 Å². The van der Waals surface area contributed by atoms with E-state index < -0.39 is 0 Å². The van der Waals surface area contributed by atoms with Crippen molar-refractivity contribution in [2.24, 2.45) is 22.9 Å². The molecule has 0 saturated heterocycles. The molecule has 0 aromatic rings. The summed E-state index contributed by atoms with van der Waals surface area (Å²) in [5.74, 6) is 4.05. The molecular weight excluding hydrogens is 316 g/mol. The quantitative estimate of drug-likeness (QED) is 0.343. The predicted octanol–water partition coefficient (Wildman–Crippen LogP) is 0.796. The molecule has 0 aliphatic rings. The molecule has 19 heavy (non-hydrogen) atoms. The second-order valence-corrected chi connectivity index (χ2v) is 9.57. The zero-order valence-corrected chi connectivity index (χ0v) is 14.7. The van der Waals surface area contributed by atoms with Crippen LogP contribution in [-0.4, -0.2) is 58.4 Å². The average Bonchev–Trinajstić information content (AvgIpc) is 2.44. The average molecular weight is 345 g/mol. The van der Waals surface area contributed by atoms with Gasteiger partial charge in [-0.3, -0.25) is 0 Å². The standard InChI is InChI=1S/C11H28N4S4/c12-1-5-16-10(17-6-2-13)9-11(18-7-3-14)19-8-4-15/h10-11H,1-9,12-15H2. The van der Waals surface area contributed by atoms with Crippen molar-refractivity contribution >= 4 is 47.0 Å². The first-order chi connectivity index (χ1) is 9.28. The van der Waals surface area contributed by atoms with Crippen molar-refractivity contribution < 1.29 is 0 Å². The van der Waals surface area contributed by atoms with E-state index >= 15 is 0 Å². The Morgan fingerprint density at radius 1 is 0.526 bits per heavy atom. The van der Waals surface area contributed by atoms with Crippen molar-refractivity contribution in [3.63, 3.8) is 0 Å². The van der Waals surface area contributed by atoms with Crippen molar-refractivity contribution in [1.82, 2.24) is 0 Å². The molecule has 0 bridgehead atoms. The summed E-state index contributed by atoms with van der Waals surface area (Å²) in [5, 5.41) is 0. The molecule has 0 atom stereocenters. The fourth-order valence-electron chi connectivity index (χ4n) is 1.32. The van der Waals surface area contributed by atoms with Crippen molar-refractivity contribution in [3.8, 4) is 0 Å². The zero-order valence-electron chi connectivity index (χ0n) is 11.5. The van der Waals surface area contributed by atoms with Crippen LogP contribution >= 0.6 is 47.0 Å². The Hall–Kier alpha value is 1.24. The molecule has 0 aliphatic carbocycles. The Balaban J connectivity index is 4.16. The highest BCUT2D eigenvalue weighted by atomic mass is 32.2. The Labute approximate surface area is 134 Å². The van der Waals surface area contributed by atoms with Crippen molar-refractivity contribution in [2.45, 2.75) is 15.6 Å². The number of hydrogen-bond donors (Lipinski definition) is 4. The molecule has 8 heteroatoms. The Morgan fingerprint density at radius 3 is 1.00 bits per heavy atom. The molecule has 0 fully saturated rings. The SMILES string of the molecule is NCCSC(CC(SCCN)SCCN)SCCN. The second-order valence-electron chi connectivity index (χ2n) is 3.73. The van der Waals surface area contributed by atoms with Crippen LogP contribution in [0.5, 0.6) is 0 Å². The lowest BCUT2D eigenvalue weighted by atomic mass is 10.5. The number of thioether (sulfide) groups is 4. The molecule has 0 aromatic carbocycles. The normalized spacial score (nSPS) is 11.7. The Bertz CT molecular complexity index is 154. The summed E-state index contributed by atoms with van der Waals surface area (Å²) in [6, 6.07) is 0. The topological polar surface area (TPSA) is 104 Å². The third-order valence-electron chi connectivity index (χ3n) is 2.07. The van der Waals surface area contributed by atoms with Gasteiger partial charge in [0.05, 0.1) is 9.16 Å². The third-order valence-corrected chi connectivity index (χ3v) is 7.85. The van der Waals surface area contributed by atoms with Crippen LogP contribution in [0.25, 0.3) is 0 Å². The second kappa shape index (κ2) is 15.6. The van der Waals surface area contributed by atoms with E-state index in [0.29, 0.717) is 9.16 Å². The number of rotatable bonds is 14. The summed E-state index contributed by atoms with van der Waals surface area (Å²) >= 11 is 7.80. The number of hydrogen-bond acceptors (Lipinski definition) is 8. The Kier molecular flexibility index (Phi) is 16.6. The fourth-order valence-corrected chi connectivity index (χ4v) is 6.65. The van der Waals surface area contributed by atoms with Gasteiger partial charge in [0, 0.05) is 49.2 Å². The summed E-state index contributed by atoms with van der Waals surface area (Å²) in [7, 11) is 0. The van der Waals surface area contributed by atoms with Crippen molar-refractivity contribution in [2.75, 3.05) is 49.2 Å². The first kappa shape index (κ1) is 20.2. The van der Waals surface area contributed by atoms with Gasteiger partial charge in [-0.2, -0.15) is 0 Å². The molecule has 0 rings (SSSR count). The highest BCUT2D eigenvalue weighted by Crippen LogP contribution is 2.35. The number of nitrogens with two attached hydrogens (primary N) is 4. The van der Waals surface area contributed by atoms with E-state index in [1.165, 1.54) is 0 Å². The molecular formula is C11H28N4S4. The van der Waals surface area contributed by atoms with E-state index in [-0.39, 0.29) is 0 Å². The van der Waals surface area contributed by atoms with E-state index in [1.807, 2.05) is 47.0 Å².